The van der Waals surface area contributed by atoms with Gasteiger partial charge in [-0.05, 0) is 24.1 Å². The highest BCUT2D eigenvalue weighted by Gasteiger charge is 2.30. The monoisotopic (exact) mass is 371 g/mol. The molecular weight excluding hydrogens is 350 g/mol. The van der Waals surface area contributed by atoms with E-state index >= 15 is 0 Å². The summed E-state index contributed by atoms with van der Waals surface area (Å²) in [6.45, 7) is 1.20. The molecule has 140 valence electrons. The molecule has 0 spiro atoms. The molecule has 0 radical (unpaired) electrons. The Morgan fingerprint density at radius 3 is 2.61 bits per heavy atom. The number of nitrogens with one attached hydrogen (secondary N) is 2. The Labute approximate surface area is 163 Å². The number of fused-ring (bicyclic) bond motifs is 1. The molecule has 0 aromatic heterocycles. The molecule has 3 aromatic carbocycles. The second kappa shape index (κ2) is 8.22. The molecule has 1 amide bonds. The third-order valence-electron chi connectivity index (χ3n) is 5.04. The summed E-state index contributed by atoms with van der Waals surface area (Å²) < 4.78 is 5.94. The molecule has 5 heteroatoms. The van der Waals surface area contributed by atoms with Gasteiger partial charge in [-0.15, -0.1) is 0 Å². The Morgan fingerprint density at radius 1 is 1.07 bits per heavy atom. The molecular formula is C23H21N3O2. The van der Waals surface area contributed by atoms with Crippen LogP contribution in [0.15, 0.2) is 66.7 Å². The average Bonchev–Trinajstić information content (AvgIpc) is 3.22. The minimum atomic E-state index is -0.296. The Hall–Kier alpha value is -3.20. The number of hydrogen-bond acceptors (Lipinski definition) is 4. The fraction of sp³-hybridized carbons (Fsp3) is 0.217. The highest BCUT2D eigenvalue weighted by molar-refractivity contribution is 6.05. The average molecular weight is 371 g/mol. The van der Waals surface area contributed by atoms with Crippen LogP contribution in [0, 0.1) is 11.3 Å². The molecule has 1 heterocycles. The van der Waals surface area contributed by atoms with Gasteiger partial charge in [-0.1, -0.05) is 54.6 Å². The van der Waals surface area contributed by atoms with E-state index in [0.717, 1.165) is 22.0 Å². The van der Waals surface area contributed by atoms with E-state index in [0.29, 0.717) is 25.1 Å². The van der Waals surface area contributed by atoms with Crippen molar-refractivity contribution < 1.29 is 9.53 Å². The number of hydrogen-bond donors (Lipinski definition) is 2. The second-order valence-electron chi connectivity index (χ2n) is 6.92. The van der Waals surface area contributed by atoms with Crippen LogP contribution in [0.5, 0.6) is 0 Å². The van der Waals surface area contributed by atoms with E-state index in [1.807, 2.05) is 54.6 Å². The van der Waals surface area contributed by atoms with Crippen molar-refractivity contribution in [2.75, 3.05) is 11.9 Å². The second-order valence-corrected chi connectivity index (χ2v) is 6.92. The van der Waals surface area contributed by atoms with Crippen molar-refractivity contribution in [3.63, 3.8) is 0 Å². The van der Waals surface area contributed by atoms with Gasteiger partial charge >= 0.3 is 0 Å². The van der Waals surface area contributed by atoms with Gasteiger partial charge in [0.15, 0.2) is 0 Å². The van der Waals surface area contributed by atoms with Gasteiger partial charge in [0, 0.05) is 23.0 Å². The van der Waals surface area contributed by atoms with Crippen LogP contribution in [0.1, 0.15) is 17.5 Å². The molecule has 0 bridgehead atoms. The lowest BCUT2D eigenvalue weighted by molar-refractivity contribution is -0.118. The number of carbonyl (C=O) groups is 1. The number of nitrogens with zero attached hydrogens (tertiary/aromatic N) is 1. The fourth-order valence-corrected chi connectivity index (χ4v) is 3.54. The van der Waals surface area contributed by atoms with E-state index < -0.39 is 0 Å². The molecule has 0 saturated carbocycles. The van der Waals surface area contributed by atoms with Crippen LogP contribution in [0.3, 0.4) is 0 Å². The van der Waals surface area contributed by atoms with Crippen LogP contribution in [0.2, 0.25) is 0 Å². The number of rotatable bonds is 5. The number of ether oxygens (including phenoxy) is 1. The predicted molar refractivity (Wildman–Crippen MR) is 109 cm³/mol. The molecule has 4 rings (SSSR count). The molecule has 5 nitrogen and oxygen atoms in total. The summed E-state index contributed by atoms with van der Waals surface area (Å²) in [7, 11) is 0. The molecule has 0 aliphatic carbocycles. The van der Waals surface area contributed by atoms with E-state index in [1.54, 1.807) is 12.1 Å². The van der Waals surface area contributed by atoms with E-state index in [2.05, 4.69) is 16.7 Å². The lowest BCUT2D eigenvalue weighted by Gasteiger charge is -2.14. The molecule has 1 aliphatic rings. The molecule has 2 unspecified atom stereocenters. The first-order chi connectivity index (χ1) is 13.7. The first-order valence-corrected chi connectivity index (χ1v) is 9.36. The summed E-state index contributed by atoms with van der Waals surface area (Å²) >= 11 is 0. The Morgan fingerprint density at radius 2 is 1.82 bits per heavy atom. The van der Waals surface area contributed by atoms with Gasteiger partial charge in [0.2, 0.25) is 5.91 Å². The van der Waals surface area contributed by atoms with Crippen LogP contribution in [-0.2, 0) is 16.1 Å². The van der Waals surface area contributed by atoms with Crippen molar-refractivity contribution in [1.29, 1.82) is 5.26 Å². The van der Waals surface area contributed by atoms with Crippen LogP contribution >= 0.6 is 0 Å². The summed E-state index contributed by atoms with van der Waals surface area (Å²) in [4.78, 5) is 12.7. The van der Waals surface area contributed by atoms with E-state index in [-0.39, 0.29) is 18.1 Å². The van der Waals surface area contributed by atoms with Gasteiger partial charge in [-0.2, -0.15) is 5.26 Å². The number of benzene rings is 3. The smallest absolute Gasteiger partial charge is 0.241 e. The largest absolute Gasteiger partial charge is 0.372 e. The molecule has 2 atom stereocenters. The van der Waals surface area contributed by atoms with Gasteiger partial charge in [0.25, 0.3) is 0 Å². The zero-order valence-electron chi connectivity index (χ0n) is 15.4. The zero-order chi connectivity index (χ0) is 19.3. The molecule has 28 heavy (non-hydrogen) atoms. The minimum Gasteiger partial charge on any atom is -0.372 e. The number of carbonyl (C=O) groups excluding carboxylic acids is 1. The van der Waals surface area contributed by atoms with Crippen molar-refractivity contribution in [2.24, 2.45) is 0 Å². The van der Waals surface area contributed by atoms with Gasteiger partial charge in [0.05, 0.1) is 30.4 Å². The lowest BCUT2D eigenvalue weighted by Crippen LogP contribution is -2.35. The lowest BCUT2D eigenvalue weighted by atomic mass is 10.0. The fourth-order valence-electron chi connectivity index (χ4n) is 3.54. The van der Waals surface area contributed by atoms with E-state index in [4.69, 9.17) is 4.74 Å². The molecule has 2 N–H and O–H groups in total. The molecule has 1 aliphatic heterocycles. The number of amides is 1. The maximum Gasteiger partial charge on any atom is 0.241 e. The molecule has 3 aromatic rings. The summed E-state index contributed by atoms with van der Waals surface area (Å²) in [5.74, 6) is -0.0827. The number of nitriles is 1. The van der Waals surface area contributed by atoms with Crippen molar-refractivity contribution in [3.05, 3.63) is 77.9 Å². The highest BCUT2D eigenvalue weighted by atomic mass is 16.5. The third-order valence-corrected chi connectivity index (χ3v) is 5.04. The zero-order valence-corrected chi connectivity index (χ0v) is 15.4. The maximum atomic E-state index is 12.7. The first-order valence-electron chi connectivity index (χ1n) is 9.36. The highest BCUT2D eigenvalue weighted by Crippen LogP contribution is 2.27. The summed E-state index contributed by atoms with van der Waals surface area (Å²) in [6.07, 6.45) is 0.640. The van der Waals surface area contributed by atoms with Crippen molar-refractivity contribution >= 4 is 22.4 Å². The maximum absolute atomic E-state index is 12.7. The first kappa shape index (κ1) is 18.2. The van der Waals surface area contributed by atoms with Gasteiger partial charge < -0.3 is 15.4 Å². The van der Waals surface area contributed by atoms with Crippen molar-refractivity contribution in [2.45, 2.75) is 25.2 Å². The quantitative estimate of drug-likeness (QED) is 0.719. The standard InChI is InChI=1S/C23H21N3O2/c24-13-17-10-11-21(20-9-5-4-8-19(17)20)26-23(27)22-12-18(14-25-22)28-15-16-6-2-1-3-7-16/h1-11,18,22,25H,12,14-15H2,(H,26,27). The van der Waals surface area contributed by atoms with E-state index in [9.17, 15) is 10.1 Å². The Balaban J connectivity index is 1.40. The normalized spacial score (nSPS) is 18.7. The van der Waals surface area contributed by atoms with Gasteiger partial charge in [0.1, 0.15) is 0 Å². The summed E-state index contributed by atoms with van der Waals surface area (Å²) in [5.41, 5.74) is 2.44. The Bertz CT molecular complexity index is 1030. The number of anilines is 1. The molecule has 1 fully saturated rings. The SMILES string of the molecule is N#Cc1ccc(NC(=O)C2CC(OCc3ccccc3)CN2)c2ccccc12. The van der Waals surface area contributed by atoms with Gasteiger partial charge in [-0.25, -0.2) is 0 Å². The van der Waals surface area contributed by atoms with Crippen LogP contribution in [-0.4, -0.2) is 24.6 Å². The van der Waals surface area contributed by atoms with Gasteiger partial charge in [-0.3, -0.25) is 4.79 Å². The van der Waals surface area contributed by atoms with Crippen LogP contribution in [0.4, 0.5) is 5.69 Å². The molecule has 1 saturated heterocycles. The van der Waals surface area contributed by atoms with E-state index in [1.165, 1.54) is 0 Å². The topological polar surface area (TPSA) is 74.2 Å². The van der Waals surface area contributed by atoms with Crippen LogP contribution < -0.4 is 10.6 Å². The third kappa shape index (κ3) is 3.89. The van der Waals surface area contributed by atoms with Crippen LogP contribution in [0.25, 0.3) is 10.8 Å². The van der Waals surface area contributed by atoms with Crippen molar-refractivity contribution in [1.82, 2.24) is 5.32 Å². The van der Waals surface area contributed by atoms with Crippen molar-refractivity contribution in [3.8, 4) is 6.07 Å². The summed E-state index contributed by atoms with van der Waals surface area (Å²) in [5, 5.41) is 17.2. The summed E-state index contributed by atoms with van der Waals surface area (Å²) in [6, 6.07) is 23.1. The minimum absolute atomic E-state index is 0.00802. The Kier molecular flexibility index (Phi) is 5.34. The predicted octanol–water partition coefficient (Wildman–Crippen LogP) is 3.60.